The van der Waals surface area contributed by atoms with Crippen LogP contribution in [0, 0.1) is 12.7 Å². The van der Waals surface area contributed by atoms with Gasteiger partial charge in [-0.1, -0.05) is 6.07 Å². The Morgan fingerprint density at radius 2 is 2.05 bits per heavy atom. The van der Waals surface area contributed by atoms with Crippen LogP contribution in [0.5, 0.6) is 0 Å². The molecule has 5 nitrogen and oxygen atoms in total. The fraction of sp³-hybridized carbons (Fsp3) is 0.500. The third-order valence-corrected chi connectivity index (χ3v) is 4.02. The highest BCUT2D eigenvalue weighted by Gasteiger charge is 2.12. The minimum Gasteiger partial charge on any atom is -0.338 e. The summed E-state index contributed by atoms with van der Waals surface area (Å²) in [6.07, 6.45) is 1.71. The van der Waals surface area contributed by atoms with E-state index in [1.807, 2.05) is 6.92 Å². The molecule has 7 heteroatoms. The minimum atomic E-state index is -3.12. The molecule has 0 aliphatic carbocycles. The molecule has 1 rings (SSSR count). The smallest absolute Gasteiger partial charge is 0.315 e. The van der Waals surface area contributed by atoms with Gasteiger partial charge in [0.05, 0.1) is 5.75 Å². The van der Waals surface area contributed by atoms with Crippen LogP contribution < -0.4 is 10.6 Å². The molecule has 0 aliphatic rings. The summed E-state index contributed by atoms with van der Waals surface area (Å²) >= 11 is 0. The van der Waals surface area contributed by atoms with Crippen molar-refractivity contribution in [1.29, 1.82) is 0 Å². The number of halogens is 1. The predicted octanol–water partition coefficient (Wildman–Crippen LogP) is 1.41. The molecule has 0 spiro atoms. The Labute approximate surface area is 124 Å². The first-order chi connectivity index (χ1) is 9.67. The van der Waals surface area contributed by atoms with E-state index < -0.39 is 21.9 Å². The Morgan fingerprint density at radius 3 is 2.62 bits per heavy atom. The van der Waals surface area contributed by atoms with E-state index in [0.29, 0.717) is 13.0 Å². The summed E-state index contributed by atoms with van der Waals surface area (Å²) < 4.78 is 35.1. The van der Waals surface area contributed by atoms with Gasteiger partial charge in [0.1, 0.15) is 15.7 Å². The normalized spacial score (nSPS) is 12.8. The minimum absolute atomic E-state index is 0.0997. The van der Waals surface area contributed by atoms with Gasteiger partial charge in [-0.2, -0.15) is 0 Å². The fourth-order valence-corrected chi connectivity index (χ4v) is 3.01. The lowest BCUT2D eigenvalue weighted by Crippen LogP contribution is -2.44. The molecule has 0 aromatic heterocycles. The highest BCUT2D eigenvalue weighted by Crippen LogP contribution is 2.10. The van der Waals surface area contributed by atoms with E-state index in [-0.39, 0.29) is 11.6 Å². The molecule has 0 saturated heterocycles. The van der Waals surface area contributed by atoms with Crippen molar-refractivity contribution in [1.82, 2.24) is 10.6 Å². The molecule has 0 fully saturated rings. The molecule has 21 heavy (non-hydrogen) atoms. The first-order valence-corrected chi connectivity index (χ1v) is 8.70. The molecule has 2 N–H and O–H groups in total. The summed E-state index contributed by atoms with van der Waals surface area (Å²) in [7, 11) is -3.12. The number of hydrogen-bond donors (Lipinski definition) is 2. The van der Waals surface area contributed by atoms with Crippen LogP contribution in [0.25, 0.3) is 0 Å². The molecule has 0 unspecified atom stereocenters. The van der Waals surface area contributed by atoms with Crippen LogP contribution in [-0.2, 0) is 16.3 Å². The molecule has 0 radical (unpaired) electrons. The van der Waals surface area contributed by atoms with E-state index in [2.05, 4.69) is 10.6 Å². The summed E-state index contributed by atoms with van der Waals surface area (Å²) in [6.45, 7) is 3.83. The molecule has 1 aromatic carbocycles. The Morgan fingerprint density at radius 1 is 1.38 bits per heavy atom. The van der Waals surface area contributed by atoms with Gasteiger partial charge < -0.3 is 10.6 Å². The molecular weight excluding hydrogens is 295 g/mol. The molecule has 1 aromatic rings. The van der Waals surface area contributed by atoms with Gasteiger partial charge in [0.15, 0.2) is 0 Å². The third-order valence-electron chi connectivity index (χ3n) is 2.91. The number of sulfone groups is 1. The van der Waals surface area contributed by atoms with Crippen molar-refractivity contribution in [2.75, 3.05) is 18.6 Å². The Kier molecular flexibility index (Phi) is 6.14. The zero-order valence-electron chi connectivity index (χ0n) is 12.4. The quantitative estimate of drug-likeness (QED) is 0.833. The zero-order valence-corrected chi connectivity index (χ0v) is 13.3. The Hall–Kier alpha value is -1.63. The largest absolute Gasteiger partial charge is 0.338 e. The van der Waals surface area contributed by atoms with Crippen LogP contribution >= 0.6 is 0 Å². The van der Waals surface area contributed by atoms with Crippen LogP contribution in [0.4, 0.5) is 9.18 Å². The number of nitrogens with one attached hydrogen (secondary N) is 2. The van der Waals surface area contributed by atoms with Gasteiger partial charge in [0, 0.05) is 18.8 Å². The molecule has 1 atom stereocenters. The van der Waals surface area contributed by atoms with Gasteiger partial charge >= 0.3 is 6.03 Å². The SMILES string of the molecule is Cc1cc(F)ccc1CCNC(=O)N[C@@H](C)CS(C)(=O)=O. The van der Waals surface area contributed by atoms with Gasteiger partial charge in [-0.05, 0) is 43.5 Å². The monoisotopic (exact) mass is 316 g/mol. The second kappa shape index (κ2) is 7.40. The molecule has 0 heterocycles. The van der Waals surface area contributed by atoms with E-state index in [9.17, 15) is 17.6 Å². The summed E-state index contributed by atoms with van der Waals surface area (Å²) in [4.78, 5) is 11.6. The maximum Gasteiger partial charge on any atom is 0.315 e. The predicted molar refractivity (Wildman–Crippen MR) is 80.5 cm³/mol. The molecule has 0 aliphatic heterocycles. The van der Waals surface area contributed by atoms with Crippen molar-refractivity contribution in [3.8, 4) is 0 Å². The number of carbonyl (C=O) groups is 1. The summed E-state index contributed by atoms with van der Waals surface area (Å²) in [5.41, 5.74) is 1.79. The number of aryl methyl sites for hydroxylation is 1. The van der Waals surface area contributed by atoms with Gasteiger partial charge in [0.2, 0.25) is 0 Å². The van der Waals surface area contributed by atoms with Crippen LogP contribution in [0.15, 0.2) is 18.2 Å². The topological polar surface area (TPSA) is 75.3 Å². The number of hydrogen-bond acceptors (Lipinski definition) is 3. The second-order valence-electron chi connectivity index (χ2n) is 5.21. The number of carbonyl (C=O) groups excluding carboxylic acids is 1. The van der Waals surface area contributed by atoms with Crippen LogP contribution in [0.1, 0.15) is 18.1 Å². The Bertz CT molecular complexity index is 602. The van der Waals surface area contributed by atoms with Gasteiger partial charge in [0.25, 0.3) is 0 Å². The number of benzene rings is 1. The second-order valence-corrected chi connectivity index (χ2v) is 7.40. The van der Waals surface area contributed by atoms with Gasteiger partial charge in [-0.25, -0.2) is 17.6 Å². The first kappa shape index (κ1) is 17.4. The van der Waals surface area contributed by atoms with Crippen LogP contribution in [0.2, 0.25) is 0 Å². The average Bonchev–Trinajstić information content (AvgIpc) is 2.29. The number of urea groups is 1. The van der Waals surface area contributed by atoms with Crippen molar-refractivity contribution < 1.29 is 17.6 Å². The molecule has 2 amide bonds. The highest BCUT2D eigenvalue weighted by molar-refractivity contribution is 7.90. The standard InChI is InChI=1S/C14H21FN2O3S/c1-10-8-13(15)5-4-12(10)6-7-16-14(18)17-11(2)9-21(3,19)20/h4-5,8,11H,6-7,9H2,1-3H3,(H2,16,17,18)/t11-/m0/s1. The maximum atomic E-state index is 12.9. The summed E-state index contributed by atoms with van der Waals surface area (Å²) in [6, 6.07) is 3.66. The van der Waals surface area contributed by atoms with Crippen molar-refractivity contribution in [2.24, 2.45) is 0 Å². The van der Waals surface area contributed by atoms with Gasteiger partial charge in [-0.15, -0.1) is 0 Å². The lowest BCUT2D eigenvalue weighted by Gasteiger charge is -2.14. The van der Waals surface area contributed by atoms with Crippen LogP contribution in [-0.4, -0.2) is 39.0 Å². The number of amides is 2. The lowest BCUT2D eigenvalue weighted by molar-refractivity contribution is 0.239. The fourth-order valence-electron chi connectivity index (χ4n) is 2.02. The van der Waals surface area contributed by atoms with Crippen molar-refractivity contribution >= 4 is 15.9 Å². The van der Waals surface area contributed by atoms with Crippen molar-refractivity contribution in [3.05, 3.63) is 35.1 Å². The molecule has 0 saturated carbocycles. The maximum absolute atomic E-state index is 12.9. The van der Waals surface area contributed by atoms with E-state index in [1.54, 1.807) is 13.0 Å². The molecule has 118 valence electrons. The first-order valence-electron chi connectivity index (χ1n) is 6.64. The number of rotatable bonds is 6. The summed E-state index contributed by atoms with van der Waals surface area (Å²) in [5.74, 6) is -0.381. The van der Waals surface area contributed by atoms with Crippen LogP contribution in [0.3, 0.4) is 0 Å². The zero-order chi connectivity index (χ0) is 16.0. The molecular formula is C14H21FN2O3S. The average molecular weight is 316 g/mol. The van der Waals surface area contributed by atoms with E-state index >= 15 is 0 Å². The van der Waals surface area contributed by atoms with Crippen molar-refractivity contribution in [2.45, 2.75) is 26.3 Å². The van der Waals surface area contributed by atoms with E-state index in [1.165, 1.54) is 12.1 Å². The van der Waals surface area contributed by atoms with E-state index in [4.69, 9.17) is 0 Å². The third kappa shape index (κ3) is 7.08. The van der Waals surface area contributed by atoms with E-state index in [0.717, 1.165) is 17.4 Å². The lowest BCUT2D eigenvalue weighted by atomic mass is 10.1. The summed E-state index contributed by atoms with van der Waals surface area (Å²) in [5, 5.41) is 5.21. The Balaban J connectivity index is 2.37. The highest BCUT2D eigenvalue weighted by atomic mass is 32.2. The van der Waals surface area contributed by atoms with Gasteiger partial charge in [-0.3, -0.25) is 0 Å². The molecule has 0 bridgehead atoms. The van der Waals surface area contributed by atoms with Crippen molar-refractivity contribution in [3.63, 3.8) is 0 Å².